The summed E-state index contributed by atoms with van der Waals surface area (Å²) in [4.78, 5) is 28.0. The fraction of sp³-hybridized carbons (Fsp3) is 0.400. The number of nitrogens with one attached hydrogen (secondary N) is 3. The molecule has 0 saturated carbocycles. The van der Waals surface area contributed by atoms with Gasteiger partial charge in [-0.2, -0.15) is 0 Å². The summed E-state index contributed by atoms with van der Waals surface area (Å²) in [5.41, 5.74) is 0.299. The molecule has 24 heavy (non-hydrogen) atoms. The molecule has 0 bridgehead atoms. The Kier molecular flexibility index (Phi) is 5.67. The summed E-state index contributed by atoms with van der Waals surface area (Å²) in [6.07, 6.45) is 0. The zero-order valence-corrected chi connectivity index (χ0v) is 13.4. The highest BCUT2D eigenvalue weighted by Crippen LogP contribution is 2.17. The third-order valence-electron chi connectivity index (χ3n) is 3.57. The van der Waals surface area contributed by atoms with Crippen molar-refractivity contribution in [2.75, 3.05) is 26.7 Å². The normalized spacial score (nSPS) is 16.2. The average Bonchev–Trinajstić information content (AvgIpc) is 2.85. The van der Waals surface area contributed by atoms with Crippen LogP contribution in [-0.2, 0) is 4.79 Å². The second-order valence-corrected chi connectivity index (χ2v) is 5.23. The number of guanidine groups is 1. The van der Waals surface area contributed by atoms with Crippen LogP contribution in [0.3, 0.4) is 0 Å². The van der Waals surface area contributed by atoms with Crippen molar-refractivity contribution >= 4 is 17.9 Å². The smallest absolute Gasteiger partial charge is 0.324 e. The van der Waals surface area contributed by atoms with E-state index >= 15 is 0 Å². The van der Waals surface area contributed by atoms with Gasteiger partial charge in [-0.15, -0.1) is 0 Å². The second kappa shape index (κ2) is 7.71. The molecule has 3 N–H and O–H groups in total. The fourth-order valence-corrected chi connectivity index (χ4v) is 2.30. The van der Waals surface area contributed by atoms with Gasteiger partial charge in [0.05, 0.1) is 12.6 Å². The van der Waals surface area contributed by atoms with Crippen LogP contribution >= 0.6 is 0 Å². The Bertz CT molecular complexity index is 649. The number of imide groups is 1. The lowest BCUT2D eigenvalue weighted by Gasteiger charge is -2.20. The Morgan fingerprint density at radius 1 is 1.42 bits per heavy atom. The van der Waals surface area contributed by atoms with Crippen LogP contribution in [-0.4, -0.2) is 49.5 Å². The summed E-state index contributed by atoms with van der Waals surface area (Å²) in [5.74, 6) is -1.20. The average molecular weight is 339 g/mol. The predicted molar refractivity (Wildman–Crippen MR) is 84.4 cm³/mol. The number of aliphatic imine (C=N–C) groups is 1. The van der Waals surface area contributed by atoms with Crippen molar-refractivity contribution < 1.29 is 18.4 Å². The number of amides is 3. The molecule has 1 saturated heterocycles. The number of carbonyl (C=O) groups is 2. The van der Waals surface area contributed by atoms with E-state index in [1.165, 1.54) is 19.2 Å². The molecule has 2 rings (SSSR count). The van der Waals surface area contributed by atoms with Crippen LogP contribution in [0.25, 0.3) is 0 Å². The number of benzene rings is 1. The first-order chi connectivity index (χ1) is 11.4. The number of halogens is 2. The van der Waals surface area contributed by atoms with E-state index in [2.05, 4.69) is 20.9 Å². The van der Waals surface area contributed by atoms with Gasteiger partial charge in [0.2, 0.25) is 5.91 Å². The number of hydrogen-bond donors (Lipinski definition) is 3. The molecule has 9 heteroatoms. The van der Waals surface area contributed by atoms with Crippen LogP contribution in [0.4, 0.5) is 13.6 Å². The van der Waals surface area contributed by atoms with Crippen molar-refractivity contribution in [3.05, 3.63) is 35.4 Å². The largest absolute Gasteiger partial charge is 0.355 e. The summed E-state index contributed by atoms with van der Waals surface area (Å²) < 4.78 is 26.7. The molecule has 1 aliphatic rings. The Morgan fingerprint density at radius 3 is 2.75 bits per heavy atom. The number of hydrogen-bond acceptors (Lipinski definition) is 3. The zero-order valence-electron chi connectivity index (χ0n) is 13.4. The molecule has 7 nitrogen and oxygen atoms in total. The topological polar surface area (TPSA) is 85.8 Å². The zero-order chi connectivity index (χ0) is 17.7. The van der Waals surface area contributed by atoms with E-state index in [1.807, 2.05) is 0 Å². The molecule has 130 valence electrons. The lowest BCUT2D eigenvalue weighted by atomic mass is 10.1. The third-order valence-corrected chi connectivity index (χ3v) is 3.57. The highest BCUT2D eigenvalue weighted by molar-refractivity contribution is 6.01. The molecular weight excluding hydrogens is 320 g/mol. The quantitative estimate of drug-likeness (QED) is 0.420. The van der Waals surface area contributed by atoms with Gasteiger partial charge >= 0.3 is 6.03 Å². The molecule has 1 heterocycles. The first kappa shape index (κ1) is 17.6. The molecule has 0 aliphatic carbocycles. The van der Waals surface area contributed by atoms with Crippen molar-refractivity contribution in [2.45, 2.75) is 13.0 Å². The van der Waals surface area contributed by atoms with Crippen LogP contribution in [0.5, 0.6) is 0 Å². The monoisotopic (exact) mass is 339 g/mol. The highest BCUT2D eigenvalue weighted by atomic mass is 19.1. The summed E-state index contributed by atoms with van der Waals surface area (Å²) in [7, 11) is 1.54. The molecule has 0 spiro atoms. The van der Waals surface area contributed by atoms with Crippen LogP contribution in [0, 0.1) is 11.6 Å². The molecule has 0 aromatic heterocycles. The minimum absolute atomic E-state index is 0.00663. The van der Waals surface area contributed by atoms with Crippen molar-refractivity contribution in [1.82, 2.24) is 20.9 Å². The lowest BCUT2D eigenvalue weighted by Crippen LogP contribution is -2.44. The number of urea groups is 1. The Labute approximate surface area is 138 Å². The van der Waals surface area contributed by atoms with Crippen LogP contribution in [0.2, 0.25) is 0 Å². The SMILES string of the molecule is CN=C(NCCN1C(=O)CNC1=O)NC(C)c1ccc(F)cc1F. The fourth-order valence-electron chi connectivity index (χ4n) is 2.30. The van der Waals surface area contributed by atoms with E-state index in [-0.39, 0.29) is 25.5 Å². The number of rotatable bonds is 5. The third kappa shape index (κ3) is 4.18. The van der Waals surface area contributed by atoms with Gasteiger partial charge in [0, 0.05) is 31.8 Å². The molecule has 1 aromatic carbocycles. The maximum atomic E-state index is 13.8. The first-order valence-corrected chi connectivity index (χ1v) is 7.42. The summed E-state index contributed by atoms with van der Waals surface area (Å²) >= 11 is 0. The van der Waals surface area contributed by atoms with E-state index < -0.39 is 23.7 Å². The van der Waals surface area contributed by atoms with Crippen LogP contribution in [0.1, 0.15) is 18.5 Å². The van der Waals surface area contributed by atoms with Gasteiger partial charge in [-0.25, -0.2) is 13.6 Å². The number of nitrogens with zero attached hydrogens (tertiary/aromatic N) is 2. The summed E-state index contributed by atoms with van der Waals surface area (Å²) in [5, 5.41) is 8.33. The van der Waals surface area contributed by atoms with E-state index in [1.54, 1.807) is 6.92 Å². The van der Waals surface area contributed by atoms with Crippen molar-refractivity contribution in [3.63, 3.8) is 0 Å². The van der Waals surface area contributed by atoms with Gasteiger partial charge < -0.3 is 16.0 Å². The molecule has 1 atom stereocenters. The minimum atomic E-state index is -0.648. The van der Waals surface area contributed by atoms with E-state index in [0.29, 0.717) is 11.5 Å². The standard InChI is InChI=1S/C15H19F2N5O2/c1-9(11-4-3-10(16)7-12(11)17)21-14(18-2)19-5-6-22-13(23)8-20-15(22)24/h3-4,7,9H,5-6,8H2,1-2H3,(H,20,24)(H2,18,19,21). The lowest BCUT2D eigenvalue weighted by molar-refractivity contribution is -0.124. The van der Waals surface area contributed by atoms with Crippen LogP contribution < -0.4 is 16.0 Å². The van der Waals surface area contributed by atoms with Crippen molar-refractivity contribution in [1.29, 1.82) is 0 Å². The van der Waals surface area contributed by atoms with Crippen molar-refractivity contribution in [3.8, 4) is 0 Å². The molecule has 0 radical (unpaired) electrons. The Morgan fingerprint density at radius 2 is 2.17 bits per heavy atom. The molecule has 1 aliphatic heterocycles. The van der Waals surface area contributed by atoms with Gasteiger partial charge in [0.15, 0.2) is 5.96 Å². The first-order valence-electron chi connectivity index (χ1n) is 7.42. The van der Waals surface area contributed by atoms with Crippen LogP contribution in [0.15, 0.2) is 23.2 Å². The predicted octanol–water partition coefficient (Wildman–Crippen LogP) is 0.743. The van der Waals surface area contributed by atoms with E-state index in [4.69, 9.17) is 0 Å². The second-order valence-electron chi connectivity index (χ2n) is 5.23. The summed E-state index contributed by atoms with van der Waals surface area (Å²) in [6.45, 7) is 2.19. The Balaban J connectivity index is 1.88. The van der Waals surface area contributed by atoms with Gasteiger partial charge in [-0.3, -0.25) is 14.7 Å². The summed E-state index contributed by atoms with van der Waals surface area (Å²) in [6, 6.07) is 2.49. The maximum absolute atomic E-state index is 13.8. The maximum Gasteiger partial charge on any atom is 0.324 e. The van der Waals surface area contributed by atoms with Gasteiger partial charge in [0.25, 0.3) is 0 Å². The molecule has 1 aromatic rings. The number of carbonyl (C=O) groups excluding carboxylic acids is 2. The highest BCUT2D eigenvalue weighted by Gasteiger charge is 2.27. The molecular formula is C15H19F2N5O2. The van der Waals surface area contributed by atoms with E-state index in [0.717, 1.165) is 11.0 Å². The van der Waals surface area contributed by atoms with E-state index in [9.17, 15) is 18.4 Å². The van der Waals surface area contributed by atoms with Gasteiger partial charge in [0.1, 0.15) is 11.6 Å². The Hall–Kier alpha value is -2.71. The minimum Gasteiger partial charge on any atom is -0.355 e. The van der Waals surface area contributed by atoms with Crippen molar-refractivity contribution in [2.24, 2.45) is 4.99 Å². The molecule has 3 amide bonds. The van der Waals surface area contributed by atoms with Gasteiger partial charge in [-0.1, -0.05) is 6.07 Å². The molecule has 1 unspecified atom stereocenters. The van der Waals surface area contributed by atoms with Gasteiger partial charge in [-0.05, 0) is 13.0 Å². The molecule has 1 fully saturated rings.